The van der Waals surface area contributed by atoms with E-state index in [0.717, 1.165) is 30.2 Å². The third kappa shape index (κ3) is 7.80. The van der Waals surface area contributed by atoms with Gasteiger partial charge in [-0.25, -0.2) is 9.10 Å². The summed E-state index contributed by atoms with van der Waals surface area (Å²) < 4.78 is 7.18. The molecule has 30 heavy (non-hydrogen) atoms. The van der Waals surface area contributed by atoms with E-state index >= 15 is 0 Å². The van der Waals surface area contributed by atoms with E-state index < -0.39 is 0 Å². The van der Waals surface area contributed by atoms with Gasteiger partial charge in [0.25, 0.3) is 0 Å². The zero-order valence-electron chi connectivity index (χ0n) is 15.9. The Morgan fingerprint density at radius 3 is 2.50 bits per heavy atom. The number of carbonyl (C=O) groups excluding carboxylic acids is 1. The Balaban J connectivity index is 0.00000225. The number of carbonyl (C=O) groups is 1. The number of ether oxygens (including phenoxy) is 1. The van der Waals surface area contributed by atoms with E-state index in [9.17, 15) is 4.79 Å². The molecule has 0 aliphatic carbocycles. The van der Waals surface area contributed by atoms with Gasteiger partial charge < -0.3 is 10.1 Å². The number of benzene rings is 2. The largest absolute Gasteiger partial charge is 0.465 e. The maximum Gasteiger partial charge on any atom is 0.337 e. The minimum absolute atomic E-state index is 0. The number of hydrogen-bond donors (Lipinski definition) is 1. The minimum Gasteiger partial charge on any atom is -0.465 e. The molecule has 0 radical (unpaired) electrons. The normalized spacial score (nSPS) is 16.0. The van der Waals surface area contributed by atoms with E-state index in [2.05, 4.69) is 21.1 Å². The Morgan fingerprint density at radius 1 is 1.20 bits per heavy atom. The molecular weight excluding hydrogens is 416 g/mol. The van der Waals surface area contributed by atoms with Gasteiger partial charge in [0, 0.05) is 24.2 Å². The molecule has 1 N–H and O–H groups in total. The molecule has 1 heterocycles. The number of nitrogens with one attached hydrogen (secondary N) is 1. The molecule has 1 aliphatic heterocycles. The second-order valence-corrected chi connectivity index (χ2v) is 8.11. The zero-order chi connectivity index (χ0) is 19.8. The van der Waals surface area contributed by atoms with E-state index in [1.807, 2.05) is 48.5 Å². The van der Waals surface area contributed by atoms with Crippen molar-refractivity contribution in [3.63, 3.8) is 0 Å². The topological polar surface area (TPSA) is 41.6 Å². The van der Waals surface area contributed by atoms with Crippen LogP contribution in [0.4, 0.5) is 0 Å². The Labute approximate surface area is 190 Å². The van der Waals surface area contributed by atoms with Crippen LogP contribution in [0.2, 0.25) is 5.02 Å². The zero-order valence-corrected chi connectivity index (χ0v) is 17.5. The fourth-order valence-electron chi connectivity index (χ4n) is 3.14. The fraction of sp³-hybridized carbons (Fsp3) is 0.375. The monoisotopic (exact) mass is 448 g/mol. The predicted octanol–water partition coefficient (Wildman–Crippen LogP) is 6.27. The summed E-state index contributed by atoms with van der Waals surface area (Å²) in [5.74, 6) is -0.305. The Hall–Kier alpha value is -1.79. The molecule has 6 heteroatoms. The van der Waals surface area contributed by atoms with Crippen LogP contribution in [0.1, 0.15) is 49.2 Å². The molecule has 0 spiro atoms. The summed E-state index contributed by atoms with van der Waals surface area (Å²) >= 11 is 7.68. The van der Waals surface area contributed by atoms with Crippen molar-refractivity contribution in [3.8, 4) is 0 Å². The summed E-state index contributed by atoms with van der Waals surface area (Å²) in [7, 11) is 1.40. The molecule has 1 unspecified atom stereocenters. The average molecular weight is 449 g/mol. The van der Waals surface area contributed by atoms with Gasteiger partial charge in [-0.2, -0.15) is 0 Å². The molecule has 0 amide bonds. The summed E-state index contributed by atoms with van der Waals surface area (Å²) in [5, 5.41) is 6.36. The van der Waals surface area contributed by atoms with Crippen LogP contribution in [0.25, 0.3) is 6.08 Å². The molecule has 1 saturated heterocycles. The van der Waals surface area contributed by atoms with Crippen LogP contribution in [0, 0.1) is 0 Å². The van der Waals surface area contributed by atoms with Gasteiger partial charge in [0.05, 0.1) is 12.7 Å². The van der Waals surface area contributed by atoms with Crippen molar-refractivity contribution in [1.82, 2.24) is 9.62 Å². The average Bonchev–Trinajstić information content (AvgIpc) is 2.75. The van der Waals surface area contributed by atoms with Crippen LogP contribution in [0.5, 0.6) is 0 Å². The van der Waals surface area contributed by atoms with Gasteiger partial charge in [0.1, 0.15) is 0 Å². The maximum atomic E-state index is 11.6. The Morgan fingerprint density at radius 2 is 1.90 bits per heavy atom. The first-order valence-electron chi connectivity index (χ1n) is 9.39. The molecule has 2 aromatic rings. The van der Waals surface area contributed by atoms with Crippen LogP contribution >= 0.6 is 23.5 Å². The second kappa shape index (κ2) is 13.5. The van der Waals surface area contributed by atoms with Gasteiger partial charge >= 0.3 is 5.97 Å². The molecule has 2 aromatic carbocycles. The van der Waals surface area contributed by atoms with Crippen LogP contribution in [0.3, 0.4) is 0 Å². The molecule has 164 valence electrons. The SMILES string of the molecule is C.C.COC(=O)c1ccc(CN(S/C=C/c2ccc(Cl)cc2)C2CCCNC2)cc1. The van der Waals surface area contributed by atoms with Gasteiger partial charge in [0.15, 0.2) is 0 Å². The summed E-state index contributed by atoms with van der Waals surface area (Å²) in [6, 6.07) is 15.9. The molecule has 1 fully saturated rings. The van der Waals surface area contributed by atoms with Gasteiger partial charge in [-0.1, -0.05) is 50.7 Å². The lowest BCUT2D eigenvalue weighted by Crippen LogP contribution is -2.42. The van der Waals surface area contributed by atoms with Crippen LogP contribution in [-0.4, -0.2) is 36.5 Å². The Bertz CT molecular complexity index is 788. The Kier molecular flexibility index (Phi) is 11.8. The van der Waals surface area contributed by atoms with E-state index in [1.54, 1.807) is 11.9 Å². The third-order valence-corrected chi connectivity index (χ3v) is 5.93. The molecule has 4 nitrogen and oxygen atoms in total. The molecule has 0 bridgehead atoms. The van der Waals surface area contributed by atoms with Crippen molar-refractivity contribution in [2.24, 2.45) is 0 Å². The highest BCUT2D eigenvalue weighted by molar-refractivity contribution is 8.00. The number of rotatable bonds is 7. The first-order valence-corrected chi connectivity index (χ1v) is 10.6. The lowest BCUT2D eigenvalue weighted by atomic mass is 10.1. The van der Waals surface area contributed by atoms with Crippen LogP contribution < -0.4 is 5.32 Å². The van der Waals surface area contributed by atoms with E-state index in [0.29, 0.717) is 11.6 Å². The molecule has 1 atom stereocenters. The number of methoxy groups -OCH3 is 1. The first-order chi connectivity index (χ1) is 13.7. The van der Waals surface area contributed by atoms with Gasteiger partial charge in [-0.3, -0.25) is 0 Å². The molecule has 0 saturated carbocycles. The molecule has 1 aliphatic rings. The van der Waals surface area contributed by atoms with Gasteiger partial charge in [-0.15, -0.1) is 0 Å². The van der Waals surface area contributed by atoms with E-state index in [4.69, 9.17) is 16.3 Å². The van der Waals surface area contributed by atoms with Gasteiger partial charge in [0.2, 0.25) is 0 Å². The summed E-state index contributed by atoms with van der Waals surface area (Å²) in [6.07, 6.45) is 4.46. The third-order valence-electron chi connectivity index (χ3n) is 4.72. The number of hydrogen-bond acceptors (Lipinski definition) is 5. The smallest absolute Gasteiger partial charge is 0.337 e. The van der Waals surface area contributed by atoms with Crippen molar-refractivity contribution in [1.29, 1.82) is 0 Å². The lowest BCUT2D eigenvalue weighted by Gasteiger charge is -2.33. The number of nitrogens with zero attached hydrogens (tertiary/aromatic N) is 1. The first kappa shape index (κ1) is 26.2. The summed E-state index contributed by atoms with van der Waals surface area (Å²) in [4.78, 5) is 11.6. The van der Waals surface area contributed by atoms with Crippen LogP contribution in [-0.2, 0) is 11.3 Å². The highest BCUT2D eigenvalue weighted by Gasteiger charge is 2.21. The minimum atomic E-state index is -0.305. The van der Waals surface area contributed by atoms with Crippen molar-refractivity contribution in [2.45, 2.75) is 40.3 Å². The van der Waals surface area contributed by atoms with E-state index in [-0.39, 0.29) is 20.8 Å². The maximum absolute atomic E-state index is 11.6. The van der Waals surface area contributed by atoms with Crippen molar-refractivity contribution in [3.05, 3.63) is 75.7 Å². The summed E-state index contributed by atoms with van der Waals surface area (Å²) in [6.45, 7) is 2.88. The summed E-state index contributed by atoms with van der Waals surface area (Å²) in [5.41, 5.74) is 2.87. The highest BCUT2D eigenvalue weighted by Crippen LogP contribution is 2.25. The van der Waals surface area contributed by atoms with Crippen LogP contribution in [0.15, 0.2) is 53.9 Å². The lowest BCUT2D eigenvalue weighted by molar-refractivity contribution is 0.0600. The number of esters is 1. The number of halogens is 1. The standard InChI is InChI=1S/C22H25ClN2O2S.2CH4/c1-27-22(26)19-8-4-18(5-9-19)16-25(21-3-2-13-24-15-21)28-14-12-17-6-10-20(23)11-7-17;;/h4-12,14,21,24H,2-3,13,15-16H2,1H3;2*1H4/b14-12+;;. The predicted molar refractivity (Wildman–Crippen MR) is 131 cm³/mol. The molecular formula is C24H33ClN2O2S. The highest BCUT2D eigenvalue weighted by atomic mass is 35.5. The molecule has 3 rings (SSSR count). The van der Waals surface area contributed by atoms with Crippen molar-refractivity contribution < 1.29 is 9.53 Å². The fourth-order valence-corrected chi connectivity index (χ4v) is 4.21. The van der Waals surface area contributed by atoms with E-state index in [1.165, 1.54) is 25.5 Å². The van der Waals surface area contributed by atoms with Crippen molar-refractivity contribution >= 4 is 35.6 Å². The second-order valence-electron chi connectivity index (χ2n) is 6.72. The number of piperidine rings is 1. The van der Waals surface area contributed by atoms with Gasteiger partial charge in [-0.05, 0) is 78.2 Å². The van der Waals surface area contributed by atoms with Crippen molar-refractivity contribution in [2.75, 3.05) is 20.2 Å². The quantitative estimate of drug-likeness (QED) is 0.399. The molecule has 0 aromatic heterocycles.